The van der Waals surface area contributed by atoms with Crippen LogP contribution in [0.4, 0.5) is 0 Å². The highest BCUT2D eigenvalue weighted by Gasteiger charge is 2.20. The van der Waals surface area contributed by atoms with Crippen LogP contribution in [-0.4, -0.2) is 70.7 Å². The molecule has 53 heavy (non-hydrogen) atoms. The maximum Gasteiger partial charge on any atom is 0.306 e. The van der Waals surface area contributed by atoms with E-state index in [0.717, 1.165) is 51.4 Å². The molecular weight excluding hydrogens is 685 g/mol. The van der Waals surface area contributed by atoms with E-state index >= 15 is 0 Å². The molecule has 0 aromatic rings. The van der Waals surface area contributed by atoms with E-state index in [1.807, 2.05) is 33.3 Å². The van der Waals surface area contributed by atoms with Crippen LogP contribution in [-0.2, 0) is 27.9 Å². The van der Waals surface area contributed by atoms with Gasteiger partial charge in [-0.2, -0.15) is 0 Å². The number of allylic oxidation sites excluding steroid dienone is 12. The van der Waals surface area contributed by atoms with E-state index in [4.69, 9.17) is 18.5 Å². The molecule has 0 saturated carbocycles. The van der Waals surface area contributed by atoms with Crippen LogP contribution in [0, 0.1) is 0 Å². The average molecular weight is 764 g/mol. The summed E-state index contributed by atoms with van der Waals surface area (Å²) in [5.41, 5.74) is 0. The number of nitrogens with zero attached hydrogens (tertiary/aromatic N) is 1. The number of carbonyl (C=O) groups is 1. The minimum atomic E-state index is -4.54. The van der Waals surface area contributed by atoms with Gasteiger partial charge in [-0.1, -0.05) is 138 Å². The van der Waals surface area contributed by atoms with Crippen LogP contribution in [0.15, 0.2) is 72.9 Å². The molecule has 0 saturated heterocycles. The molecule has 0 N–H and O–H groups in total. The smallest absolute Gasteiger partial charge is 0.306 e. The summed E-state index contributed by atoms with van der Waals surface area (Å²) in [6.45, 7) is 5.13. The van der Waals surface area contributed by atoms with Crippen LogP contribution in [0.5, 0.6) is 0 Å². The normalized spacial score (nSPS) is 14.6. The van der Waals surface area contributed by atoms with Crippen molar-refractivity contribution in [3.8, 4) is 0 Å². The first-order valence-corrected chi connectivity index (χ1v) is 22.1. The van der Waals surface area contributed by atoms with Crippen LogP contribution < -0.4 is 4.89 Å². The Morgan fingerprint density at radius 1 is 0.604 bits per heavy atom. The van der Waals surface area contributed by atoms with E-state index in [2.05, 4.69) is 74.6 Å². The standard InChI is InChI=1S/C44H78NO7P/c1-6-8-10-12-14-16-18-20-21-22-23-24-26-28-30-32-34-36-39-49-41-43(42-51-53(47,48)50-40-38-45(3,4)5)52-44(46)37-35-33-31-29-27-25-19-17-15-13-11-9-7-2/h9,11,14-17,20-21,25,27,31,33,43H,6-8,10,12-13,18-19,22-24,26,28-30,32,34-42H2,1-5H3/b11-9-,16-14-,17-15-,21-20-,27-25-,33-31-. The molecule has 8 nitrogen and oxygen atoms in total. The molecule has 0 aliphatic heterocycles. The first-order valence-electron chi connectivity index (χ1n) is 20.7. The van der Waals surface area contributed by atoms with Gasteiger partial charge in [0.25, 0.3) is 7.82 Å². The molecule has 0 radical (unpaired) electrons. The van der Waals surface area contributed by atoms with Crippen molar-refractivity contribution < 1.29 is 37.3 Å². The Labute approximate surface area is 325 Å². The van der Waals surface area contributed by atoms with E-state index in [0.29, 0.717) is 24.1 Å². The minimum absolute atomic E-state index is 0.00874. The second-order valence-corrected chi connectivity index (χ2v) is 16.0. The first kappa shape index (κ1) is 50.9. The highest BCUT2D eigenvalue weighted by molar-refractivity contribution is 7.45. The molecule has 0 fully saturated rings. The van der Waals surface area contributed by atoms with Gasteiger partial charge in [0, 0.05) is 13.0 Å². The number of phosphoric ester groups is 1. The van der Waals surface area contributed by atoms with Gasteiger partial charge in [0.05, 0.1) is 34.4 Å². The van der Waals surface area contributed by atoms with Gasteiger partial charge in [-0.15, -0.1) is 0 Å². The van der Waals surface area contributed by atoms with Crippen LogP contribution in [0.1, 0.15) is 142 Å². The lowest BCUT2D eigenvalue weighted by molar-refractivity contribution is -0.870. The van der Waals surface area contributed by atoms with E-state index in [-0.39, 0.29) is 26.2 Å². The molecule has 0 spiro atoms. The number of phosphoric acid groups is 1. The quantitative estimate of drug-likeness (QED) is 0.0204. The predicted octanol–water partition coefficient (Wildman–Crippen LogP) is 11.3. The zero-order valence-electron chi connectivity index (χ0n) is 34.4. The molecule has 0 aromatic heterocycles. The molecule has 0 bridgehead atoms. The fourth-order valence-corrected chi connectivity index (χ4v) is 5.79. The molecular formula is C44H78NO7P. The fraction of sp³-hybridized carbons (Fsp3) is 0.705. The lowest BCUT2D eigenvalue weighted by Gasteiger charge is -2.28. The van der Waals surface area contributed by atoms with Gasteiger partial charge in [-0.25, -0.2) is 0 Å². The zero-order chi connectivity index (χ0) is 39.1. The van der Waals surface area contributed by atoms with Crippen molar-refractivity contribution in [3.05, 3.63) is 72.9 Å². The van der Waals surface area contributed by atoms with Crippen molar-refractivity contribution in [2.45, 2.75) is 148 Å². The molecule has 0 aliphatic rings. The number of likely N-dealkylation sites (N-methyl/N-ethyl adjacent to an activating group) is 1. The number of hydrogen-bond acceptors (Lipinski definition) is 7. The third-order valence-corrected chi connectivity index (χ3v) is 9.22. The molecule has 0 heterocycles. The van der Waals surface area contributed by atoms with Crippen molar-refractivity contribution >= 4 is 13.8 Å². The number of carbonyl (C=O) groups excluding carboxylic acids is 1. The molecule has 0 rings (SSSR count). The zero-order valence-corrected chi connectivity index (χ0v) is 35.3. The van der Waals surface area contributed by atoms with Gasteiger partial charge in [0.15, 0.2) is 0 Å². The number of unbranched alkanes of at least 4 members (excludes halogenated alkanes) is 11. The van der Waals surface area contributed by atoms with Crippen molar-refractivity contribution in [3.63, 3.8) is 0 Å². The number of hydrogen-bond donors (Lipinski definition) is 0. The van der Waals surface area contributed by atoms with Gasteiger partial charge in [0.1, 0.15) is 19.3 Å². The first-order chi connectivity index (χ1) is 25.6. The topological polar surface area (TPSA) is 94.1 Å². The number of quaternary nitrogens is 1. The van der Waals surface area contributed by atoms with E-state index in [1.165, 1.54) is 64.2 Å². The Morgan fingerprint density at radius 2 is 1.09 bits per heavy atom. The number of ether oxygens (including phenoxy) is 2. The van der Waals surface area contributed by atoms with Gasteiger partial charge < -0.3 is 27.9 Å². The summed E-state index contributed by atoms with van der Waals surface area (Å²) < 4.78 is 34.4. The van der Waals surface area contributed by atoms with E-state index < -0.39 is 19.9 Å². The van der Waals surface area contributed by atoms with Crippen molar-refractivity contribution in [2.24, 2.45) is 0 Å². The Balaban J connectivity index is 4.35. The summed E-state index contributed by atoms with van der Waals surface area (Å²) in [7, 11) is 1.30. The molecule has 306 valence electrons. The summed E-state index contributed by atoms with van der Waals surface area (Å²) in [6.07, 6.45) is 46.5. The molecule has 2 unspecified atom stereocenters. The summed E-state index contributed by atoms with van der Waals surface area (Å²) in [6, 6.07) is 0. The van der Waals surface area contributed by atoms with Crippen molar-refractivity contribution in [1.29, 1.82) is 0 Å². The second-order valence-electron chi connectivity index (χ2n) is 14.6. The van der Waals surface area contributed by atoms with Gasteiger partial charge >= 0.3 is 5.97 Å². The second kappa shape index (κ2) is 36.9. The molecule has 9 heteroatoms. The average Bonchev–Trinajstić information content (AvgIpc) is 3.11. The van der Waals surface area contributed by atoms with Crippen molar-refractivity contribution in [1.82, 2.24) is 0 Å². The third kappa shape index (κ3) is 41.0. The predicted molar refractivity (Wildman–Crippen MR) is 222 cm³/mol. The Hall–Kier alpha value is -2.06. The molecule has 0 aliphatic carbocycles. The molecule has 0 aromatic carbocycles. The number of rotatable bonds is 37. The Morgan fingerprint density at radius 3 is 1.64 bits per heavy atom. The maximum absolute atomic E-state index is 12.6. The Kier molecular flexibility index (Phi) is 35.5. The van der Waals surface area contributed by atoms with E-state index in [1.54, 1.807) is 0 Å². The number of esters is 1. The lowest BCUT2D eigenvalue weighted by atomic mass is 10.1. The van der Waals surface area contributed by atoms with Crippen molar-refractivity contribution in [2.75, 3.05) is 54.1 Å². The monoisotopic (exact) mass is 764 g/mol. The largest absolute Gasteiger partial charge is 0.756 e. The summed E-state index contributed by atoms with van der Waals surface area (Å²) >= 11 is 0. The van der Waals surface area contributed by atoms with Crippen LogP contribution in [0.25, 0.3) is 0 Å². The molecule has 2 atom stereocenters. The van der Waals surface area contributed by atoms with E-state index in [9.17, 15) is 14.3 Å². The molecule has 0 amide bonds. The third-order valence-electron chi connectivity index (χ3n) is 8.26. The van der Waals surface area contributed by atoms with Crippen LogP contribution >= 0.6 is 7.82 Å². The summed E-state index contributed by atoms with van der Waals surface area (Å²) in [5, 5.41) is 0. The minimum Gasteiger partial charge on any atom is -0.756 e. The van der Waals surface area contributed by atoms with Gasteiger partial charge in [0.2, 0.25) is 0 Å². The Bertz CT molecular complexity index is 1070. The maximum atomic E-state index is 12.6. The SMILES string of the molecule is CC/C=C\C/C=C\C/C=C\C/C=C\CCC(=O)OC(COCCCCCCCCCC/C=C\C/C=C\CCCCC)COP(=O)([O-])OCC[N+](C)(C)C. The fourth-order valence-electron chi connectivity index (χ4n) is 5.06. The highest BCUT2D eigenvalue weighted by atomic mass is 31.2. The van der Waals surface area contributed by atoms with Gasteiger partial charge in [-0.3, -0.25) is 9.36 Å². The highest BCUT2D eigenvalue weighted by Crippen LogP contribution is 2.38. The van der Waals surface area contributed by atoms with Crippen LogP contribution in [0.2, 0.25) is 0 Å². The summed E-state index contributed by atoms with van der Waals surface area (Å²) in [5.74, 6) is -0.419. The summed E-state index contributed by atoms with van der Waals surface area (Å²) in [4.78, 5) is 24.9. The van der Waals surface area contributed by atoms with Crippen LogP contribution in [0.3, 0.4) is 0 Å². The van der Waals surface area contributed by atoms with Gasteiger partial charge in [-0.05, 0) is 70.6 Å². The lowest BCUT2D eigenvalue weighted by Crippen LogP contribution is -2.37.